The molecule has 11 heteroatoms. The SMILES string of the molecule is C=CC(=O)Nc1ccnc(-c2c(F)ccc3cnc(Nc4ccc([C@@]5(CO)CNCCO5)nc4)nc23)c1. The Bertz CT molecular complexity index is 1460. The van der Waals surface area contributed by atoms with Gasteiger partial charge < -0.3 is 25.8 Å². The van der Waals surface area contributed by atoms with Crippen LogP contribution in [-0.4, -0.2) is 57.3 Å². The molecule has 1 aromatic carbocycles. The summed E-state index contributed by atoms with van der Waals surface area (Å²) in [6.07, 6.45) is 5.80. The molecular weight excluding hydrogens is 477 g/mol. The van der Waals surface area contributed by atoms with E-state index in [1.165, 1.54) is 12.3 Å². The first-order chi connectivity index (χ1) is 18.0. The lowest BCUT2D eigenvalue weighted by molar-refractivity contribution is -0.111. The number of nitrogens with one attached hydrogen (secondary N) is 3. The average Bonchev–Trinajstić information content (AvgIpc) is 2.93. The minimum atomic E-state index is -0.894. The van der Waals surface area contributed by atoms with E-state index in [4.69, 9.17) is 4.74 Å². The van der Waals surface area contributed by atoms with Gasteiger partial charge in [-0.15, -0.1) is 0 Å². The molecule has 1 aliphatic heterocycles. The fraction of sp³-hybridized carbons (Fsp3) is 0.192. The summed E-state index contributed by atoms with van der Waals surface area (Å²) >= 11 is 0. The molecule has 37 heavy (non-hydrogen) atoms. The van der Waals surface area contributed by atoms with Gasteiger partial charge in [0, 0.05) is 36.6 Å². The average molecular weight is 502 g/mol. The van der Waals surface area contributed by atoms with Gasteiger partial charge in [-0.2, -0.15) is 0 Å². The van der Waals surface area contributed by atoms with Crippen LogP contribution in [0.5, 0.6) is 0 Å². The molecule has 1 amide bonds. The van der Waals surface area contributed by atoms with Crippen LogP contribution < -0.4 is 16.0 Å². The molecule has 0 radical (unpaired) electrons. The van der Waals surface area contributed by atoms with E-state index in [0.717, 1.165) is 6.08 Å². The van der Waals surface area contributed by atoms with Crippen LogP contribution in [0.3, 0.4) is 0 Å². The number of aromatic nitrogens is 4. The quantitative estimate of drug-likeness (QED) is 0.282. The van der Waals surface area contributed by atoms with Crippen molar-refractivity contribution in [3.05, 3.63) is 79.2 Å². The zero-order valence-electron chi connectivity index (χ0n) is 19.7. The standard InChI is InChI=1S/C26H24FN7O3/c1-2-22(36)32-17-7-8-29-20(11-17)23-19(27)5-3-16-12-31-25(34-24(16)23)33-18-4-6-21(30-13-18)26(15-35)14-28-9-10-37-26/h2-8,11-13,28,35H,1,9-10,14-15H2,(H,29,32,36)(H,31,33,34)/t26-/m0/s1. The van der Waals surface area contributed by atoms with Crippen molar-refractivity contribution in [3.63, 3.8) is 0 Å². The van der Waals surface area contributed by atoms with Crippen molar-refractivity contribution in [2.45, 2.75) is 5.60 Å². The summed E-state index contributed by atoms with van der Waals surface area (Å²) in [5, 5.41) is 19.5. The first-order valence-corrected chi connectivity index (χ1v) is 11.6. The first-order valence-electron chi connectivity index (χ1n) is 11.6. The van der Waals surface area contributed by atoms with Gasteiger partial charge in [0.2, 0.25) is 11.9 Å². The molecule has 1 fully saturated rings. The van der Waals surface area contributed by atoms with Gasteiger partial charge in [-0.3, -0.25) is 14.8 Å². The van der Waals surface area contributed by atoms with E-state index in [1.807, 2.05) is 0 Å². The summed E-state index contributed by atoms with van der Waals surface area (Å²) in [5.74, 6) is -0.670. The number of benzene rings is 1. The second-order valence-corrected chi connectivity index (χ2v) is 8.41. The van der Waals surface area contributed by atoms with Gasteiger partial charge in [0.25, 0.3) is 0 Å². The van der Waals surface area contributed by atoms with Crippen LogP contribution in [-0.2, 0) is 15.1 Å². The zero-order chi connectivity index (χ0) is 25.8. The van der Waals surface area contributed by atoms with Crippen LogP contribution in [0.4, 0.5) is 21.7 Å². The van der Waals surface area contributed by atoms with Crippen molar-refractivity contribution in [2.24, 2.45) is 0 Å². The number of pyridine rings is 2. The van der Waals surface area contributed by atoms with E-state index in [9.17, 15) is 9.90 Å². The van der Waals surface area contributed by atoms with Crippen molar-refractivity contribution >= 4 is 34.1 Å². The number of hydrogen-bond acceptors (Lipinski definition) is 9. The molecule has 4 N–H and O–H groups in total. The number of anilines is 3. The van der Waals surface area contributed by atoms with Crippen LogP contribution in [0.25, 0.3) is 22.2 Å². The van der Waals surface area contributed by atoms with Crippen LogP contribution in [0.2, 0.25) is 0 Å². The third-order valence-electron chi connectivity index (χ3n) is 5.98. The Morgan fingerprint density at radius 3 is 2.81 bits per heavy atom. The Labute approximate surface area is 211 Å². The maximum absolute atomic E-state index is 15.0. The molecule has 3 aromatic heterocycles. The molecule has 0 bridgehead atoms. The molecule has 1 atom stereocenters. The van der Waals surface area contributed by atoms with Crippen molar-refractivity contribution in [3.8, 4) is 11.3 Å². The normalized spacial score (nSPS) is 17.4. The molecule has 0 unspecified atom stereocenters. The second-order valence-electron chi connectivity index (χ2n) is 8.41. The number of hydrogen-bond donors (Lipinski definition) is 4. The molecule has 188 valence electrons. The van der Waals surface area contributed by atoms with Gasteiger partial charge in [-0.25, -0.2) is 14.4 Å². The highest BCUT2D eigenvalue weighted by Gasteiger charge is 2.36. The van der Waals surface area contributed by atoms with Gasteiger partial charge in [-0.05, 0) is 42.5 Å². The van der Waals surface area contributed by atoms with Gasteiger partial charge in [0.05, 0.1) is 47.6 Å². The molecule has 0 saturated carbocycles. The number of carbonyl (C=O) groups excluding carboxylic acids is 1. The number of amides is 1. The van der Waals surface area contributed by atoms with E-state index in [0.29, 0.717) is 53.4 Å². The number of carbonyl (C=O) groups is 1. The van der Waals surface area contributed by atoms with Gasteiger partial charge in [-0.1, -0.05) is 6.58 Å². The number of fused-ring (bicyclic) bond motifs is 1. The number of aliphatic hydroxyl groups is 1. The largest absolute Gasteiger partial charge is 0.393 e. The summed E-state index contributed by atoms with van der Waals surface area (Å²) in [5.41, 5.74) is 1.59. The fourth-order valence-corrected chi connectivity index (χ4v) is 4.09. The van der Waals surface area contributed by atoms with E-state index in [1.54, 1.807) is 42.7 Å². The zero-order valence-corrected chi connectivity index (χ0v) is 19.7. The lowest BCUT2D eigenvalue weighted by Crippen LogP contribution is -2.50. The Balaban J connectivity index is 1.46. The van der Waals surface area contributed by atoms with Gasteiger partial charge >= 0.3 is 0 Å². The molecule has 10 nitrogen and oxygen atoms in total. The molecule has 1 saturated heterocycles. The Hall–Kier alpha value is -4.32. The smallest absolute Gasteiger partial charge is 0.247 e. The number of aliphatic hydroxyl groups excluding tert-OH is 1. The maximum atomic E-state index is 15.0. The van der Waals surface area contributed by atoms with E-state index in [2.05, 4.69) is 42.5 Å². The van der Waals surface area contributed by atoms with Crippen molar-refractivity contribution < 1.29 is 19.0 Å². The fourth-order valence-electron chi connectivity index (χ4n) is 4.09. The van der Waals surface area contributed by atoms with Gasteiger partial charge in [0.1, 0.15) is 11.4 Å². The Kier molecular flexibility index (Phi) is 6.82. The Morgan fingerprint density at radius 1 is 1.19 bits per heavy atom. The minimum absolute atomic E-state index is 0.179. The van der Waals surface area contributed by atoms with Crippen LogP contribution in [0, 0.1) is 5.82 Å². The van der Waals surface area contributed by atoms with E-state index < -0.39 is 11.4 Å². The number of morpholine rings is 1. The number of halogens is 1. The summed E-state index contributed by atoms with van der Waals surface area (Å²) in [7, 11) is 0. The third-order valence-corrected chi connectivity index (χ3v) is 5.98. The summed E-state index contributed by atoms with van der Waals surface area (Å²) < 4.78 is 20.9. The van der Waals surface area contributed by atoms with Crippen molar-refractivity contribution in [1.82, 2.24) is 25.3 Å². The molecule has 0 aliphatic carbocycles. The predicted octanol–water partition coefficient (Wildman–Crippen LogP) is 2.90. The first kappa shape index (κ1) is 24.4. The topological polar surface area (TPSA) is 134 Å². The molecule has 4 aromatic rings. The highest BCUT2D eigenvalue weighted by atomic mass is 19.1. The number of nitrogens with zero attached hydrogens (tertiary/aromatic N) is 4. The van der Waals surface area contributed by atoms with E-state index in [-0.39, 0.29) is 24.0 Å². The van der Waals surface area contributed by atoms with Crippen LogP contribution in [0.1, 0.15) is 5.69 Å². The lowest BCUT2D eigenvalue weighted by atomic mass is 9.98. The molecule has 1 aliphatic rings. The number of ether oxygens (including phenoxy) is 1. The number of rotatable bonds is 7. The molecular formula is C26H24FN7O3. The minimum Gasteiger partial charge on any atom is -0.393 e. The monoisotopic (exact) mass is 501 g/mol. The third kappa shape index (κ3) is 5.00. The Morgan fingerprint density at radius 2 is 2.08 bits per heavy atom. The van der Waals surface area contributed by atoms with Crippen LogP contribution in [0.15, 0.2) is 67.6 Å². The summed E-state index contributed by atoms with van der Waals surface area (Å²) in [4.78, 5) is 29.3. The maximum Gasteiger partial charge on any atom is 0.247 e. The van der Waals surface area contributed by atoms with Crippen LogP contribution >= 0.6 is 0 Å². The van der Waals surface area contributed by atoms with Crippen molar-refractivity contribution in [2.75, 3.05) is 36.9 Å². The lowest BCUT2D eigenvalue weighted by Gasteiger charge is -2.35. The predicted molar refractivity (Wildman–Crippen MR) is 137 cm³/mol. The highest BCUT2D eigenvalue weighted by molar-refractivity contribution is 6.00. The van der Waals surface area contributed by atoms with Gasteiger partial charge in [0.15, 0.2) is 0 Å². The molecule has 0 spiro atoms. The molecule has 4 heterocycles. The second kappa shape index (κ2) is 10.3. The highest BCUT2D eigenvalue weighted by Crippen LogP contribution is 2.31. The van der Waals surface area contributed by atoms with Crippen molar-refractivity contribution in [1.29, 1.82) is 0 Å². The summed E-state index contributed by atoms with van der Waals surface area (Å²) in [6, 6.07) is 9.63. The van der Waals surface area contributed by atoms with E-state index >= 15 is 4.39 Å². The summed E-state index contributed by atoms with van der Waals surface area (Å²) in [6.45, 7) is 4.88. The molecule has 5 rings (SSSR count).